The lowest BCUT2D eigenvalue weighted by Crippen LogP contribution is -2.43. The van der Waals surface area contributed by atoms with E-state index in [4.69, 9.17) is 9.47 Å². The van der Waals surface area contributed by atoms with Crippen LogP contribution in [0.3, 0.4) is 0 Å². The molecule has 25 heavy (non-hydrogen) atoms. The number of carbonyl (C=O) groups excluding carboxylic acids is 2. The van der Waals surface area contributed by atoms with Crippen LogP contribution in [-0.4, -0.2) is 53.7 Å². The number of rotatable bonds is 7. The van der Waals surface area contributed by atoms with Gasteiger partial charge in [-0.1, -0.05) is 13.8 Å². The van der Waals surface area contributed by atoms with Crippen LogP contribution < -0.4 is 5.32 Å². The fraction of sp³-hybridized carbons (Fsp3) is 0.889. The Balaban J connectivity index is 2.41. The van der Waals surface area contributed by atoms with Gasteiger partial charge < -0.3 is 14.8 Å². The molecule has 1 atom stereocenters. The number of nitrogens with one attached hydrogen (secondary N) is 1. The van der Waals surface area contributed by atoms with E-state index in [1.807, 2.05) is 13.8 Å². The average molecular weight is 358 g/mol. The predicted molar refractivity (Wildman–Crippen MR) is 94.3 cm³/mol. The van der Waals surface area contributed by atoms with E-state index in [-0.39, 0.29) is 30.3 Å². The van der Waals surface area contributed by atoms with Gasteiger partial charge in [0.05, 0.1) is 6.54 Å². The van der Waals surface area contributed by atoms with Crippen molar-refractivity contribution < 1.29 is 24.3 Å². The first kappa shape index (κ1) is 21.7. The number of hydrogen-bond donors (Lipinski definition) is 2. The normalized spacial score (nSPS) is 17.2. The summed E-state index contributed by atoms with van der Waals surface area (Å²) in [4.78, 5) is 24.3. The Labute approximate surface area is 151 Å². The van der Waals surface area contributed by atoms with Crippen LogP contribution in [0.25, 0.3) is 0 Å². The lowest BCUT2D eigenvalue weighted by molar-refractivity contribution is -0.128. The third kappa shape index (κ3) is 8.54. The molecule has 7 heteroatoms. The largest absolute Gasteiger partial charge is 0.442 e. The van der Waals surface area contributed by atoms with Crippen molar-refractivity contribution in [3.8, 4) is 0 Å². The van der Waals surface area contributed by atoms with E-state index in [1.165, 1.54) is 0 Å². The highest BCUT2D eigenvalue weighted by Crippen LogP contribution is 2.19. The summed E-state index contributed by atoms with van der Waals surface area (Å²) in [5, 5.41) is 13.5. The fourth-order valence-electron chi connectivity index (χ4n) is 2.78. The van der Waals surface area contributed by atoms with Gasteiger partial charge in [0.25, 0.3) is 0 Å². The van der Waals surface area contributed by atoms with Crippen LogP contribution in [0.5, 0.6) is 0 Å². The Kier molecular flexibility index (Phi) is 8.65. The third-order valence-corrected chi connectivity index (χ3v) is 4.20. The van der Waals surface area contributed by atoms with Gasteiger partial charge in [-0.2, -0.15) is 5.06 Å². The van der Waals surface area contributed by atoms with Gasteiger partial charge >= 0.3 is 6.09 Å². The van der Waals surface area contributed by atoms with Crippen molar-refractivity contribution in [3.63, 3.8) is 0 Å². The molecule has 1 fully saturated rings. The van der Waals surface area contributed by atoms with Crippen molar-refractivity contribution in [1.82, 2.24) is 10.4 Å². The molecule has 1 unspecified atom stereocenters. The van der Waals surface area contributed by atoms with Gasteiger partial charge in [-0.05, 0) is 52.4 Å². The Hall–Kier alpha value is -1.34. The summed E-state index contributed by atoms with van der Waals surface area (Å²) in [5.74, 6) is 0.0899. The van der Waals surface area contributed by atoms with Gasteiger partial charge in [0.1, 0.15) is 5.60 Å². The summed E-state index contributed by atoms with van der Waals surface area (Å²) in [5.41, 5.74) is -0.651. The maximum absolute atomic E-state index is 12.5. The lowest BCUT2D eigenvalue weighted by atomic mass is 9.89. The summed E-state index contributed by atoms with van der Waals surface area (Å²) in [6.45, 7) is 10.8. The maximum Gasteiger partial charge on any atom is 0.434 e. The second-order valence-corrected chi connectivity index (χ2v) is 7.99. The minimum absolute atomic E-state index is 0.0451. The highest BCUT2D eigenvalue weighted by Gasteiger charge is 2.26. The second-order valence-electron chi connectivity index (χ2n) is 7.99. The van der Waals surface area contributed by atoms with Crippen LogP contribution >= 0.6 is 0 Å². The molecule has 1 rings (SSSR count). The van der Waals surface area contributed by atoms with Crippen molar-refractivity contribution in [3.05, 3.63) is 0 Å². The van der Waals surface area contributed by atoms with Crippen LogP contribution in [0.15, 0.2) is 0 Å². The van der Waals surface area contributed by atoms with Gasteiger partial charge in [0.2, 0.25) is 5.91 Å². The average Bonchev–Trinajstić information content (AvgIpc) is 2.50. The summed E-state index contributed by atoms with van der Waals surface area (Å²) >= 11 is 0. The molecule has 1 saturated heterocycles. The topological polar surface area (TPSA) is 88.1 Å². The van der Waals surface area contributed by atoms with E-state index in [2.05, 4.69) is 5.32 Å². The van der Waals surface area contributed by atoms with Gasteiger partial charge in [0.15, 0.2) is 0 Å². The maximum atomic E-state index is 12.5. The van der Waals surface area contributed by atoms with Crippen LogP contribution in [0, 0.1) is 11.8 Å². The Bertz CT molecular complexity index is 428. The molecular formula is C18H34N2O5. The van der Waals surface area contributed by atoms with E-state index >= 15 is 0 Å². The monoisotopic (exact) mass is 358 g/mol. The fourth-order valence-corrected chi connectivity index (χ4v) is 2.78. The van der Waals surface area contributed by atoms with Crippen molar-refractivity contribution in [2.45, 2.75) is 71.9 Å². The minimum atomic E-state index is -0.764. The molecule has 2 amide bonds. The summed E-state index contributed by atoms with van der Waals surface area (Å²) in [6, 6.07) is 0.179. The first-order valence-corrected chi connectivity index (χ1v) is 9.17. The Morgan fingerprint density at radius 1 is 1.28 bits per heavy atom. The van der Waals surface area contributed by atoms with Gasteiger partial charge in [-0.15, -0.1) is 0 Å². The van der Waals surface area contributed by atoms with E-state index in [1.54, 1.807) is 20.8 Å². The number of hydrogen-bond acceptors (Lipinski definition) is 5. The SMILES string of the molecule is CC(C)C(CCCN(O)C(=O)OC(C)(C)C)C(=O)NC1CCOCC1. The molecule has 0 saturated carbocycles. The van der Waals surface area contributed by atoms with Gasteiger partial charge in [-0.3, -0.25) is 10.0 Å². The third-order valence-electron chi connectivity index (χ3n) is 4.20. The van der Waals surface area contributed by atoms with Crippen LogP contribution in [0.1, 0.15) is 60.3 Å². The molecule has 1 heterocycles. The summed E-state index contributed by atoms with van der Waals surface area (Å²) in [6.07, 6.45) is 2.06. The molecule has 1 aliphatic rings. The van der Waals surface area contributed by atoms with Crippen molar-refractivity contribution >= 4 is 12.0 Å². The number of carbonyl (C=O) groups is 2. The summed E-state index contributed by atoms with van der Waals surface area (Å²) in [7, 11) is 0. The minimum Gasteiger partial charge on any atom is -0.442 e. The zero-order valence-electron chi connectivity index (χ0n) is 16.2. The van der Waals surface area contributed by atoms with E-state index in [0.717, 1.165) is 12.8 Å². The smallest absolute Gasteiger partial charge is 0.434 e. The van der Waals surface area contributed by atoms with E-state index < -0.39 is 11.7 Å². The number of hydroxylamine groups is 2. The van der Waals surface area contributed by atoms with Gasteiger partial charge in [0, 0.05) is 25.2 Å². The molecule has 0 aromatic rings. The summed E-state index contributed by atoms with van der Waals surface area (Å²) < 4.78 is 10.4. The molecule has 0 spiro atoms. The first-order valence-electron chi connectivity index (χ1n) is 9.17. The van der Waals surface area contributed by atoms with Crippen molar-refractivity contribution in [2.24, 2.45) is 11.8 Å². The Morgan fingerprint density at radius 3 is 2.40 bits per heavy atom. The van der Waals surface area contributed by atoms with Crippen LogP contribution in [0.4, 0.5) is 4.79 Å². The molecule has 0 aliphatic carbocycles. The molecule has 146 valence electrons. The molecule has 7 nitrogen and oxygen atoms in total. The highest BCUT2D eigenvalue weighted by atomic mass is 16.6. The quantitative estimate of drug-likeness (QED) is 0.539. The molecule has 0 bridgehead atoms. The molecule has 0 aromatic heterocycles. The molecule has 2 N–H and O–H groups in total. The van der Waals surface area contributed by atoms with E-state index in [9.17, 15) is 14.8 Å². The zero-order valence-corrected chi connectivity index (χ0v) is 16.2. The van der Waals surface area contributed by atoms with Crippen molar-refractivity contribution in [2.75, 3.05) is 19.8 Å². The highest BCUT2D eigenvalue weighted by molar-refractivity contribution is 5.79. The molecule has 0 radical (unpaired) electrons. The zero-order chi connectivity index (χ0) is 19.0. The van der Waals surface area contributed by atoms with Crippen LogP contribution in [0.2, 0.25) is 0 Å². The molecular weight excluding hydrogens is 324 g/mol. The second kappa shape index (κ2) is 9.97. The van der Waals surface area contributed by atoms with Crippen molar-refractivity contribution in [1.29, 1.82) is 0 Å². The van der Waals surface area contributed by atoms with Gasteiger partial charge in [-0.25, -0.2) is 4.79 Å². The predicted octanol–water partition coefficient (Wildman–Crippen LogP) is 2.96. The number of nitrogens with zero attached hydrogens (tertiary/aromatic N) is 1. The number of ether oxygens (including phenoxy) is 2. The standard InChI is InChI=1S/C18H34N2O5/c1-13(2)15(16(21)19-14-8-11-24-12-9-14)7-6-10-20(23)17(22)25-18(3,4)5/h13-15,23H,6-12H2,1-5H3,(H,19,21). The Morgan fingerprint density at radius 2 is 1.88 bits per heavy atom. The number of amides is 2. The lowest BCUT2D eigenvalue weighted by Gasteiger charge is -2.27. The first-order chi connectivity index (χ1) is 11.6. The molecule has 1 aliphatic heterocycles. The molecule has 0 aromatic carbocycles. The van der Waals surface area contributed by atoms with E-state index in [0.29, 0.717) is 31.1 Å². The van der Waals surface area contributed by atoms with Crippen LogP contribution in [-0.2, 0) is 14.3 Å².